The number of amides is 1. The molecule has 1 unspecified atom stereocenters. The average Bonchev–Trinajstić information content (AvgIpc) is 2.90. The number of rotatable bonds is 11. The number of benzene rings is 3. The molecule has 3 rings (SSSR count). The van der Waals surface area contributed by atoms with E-state index in [0.29, 0.717) is 11.5 Å². The number of sulfonamides is 1. The Morgan fingerprint density at radius 3 is 2.05 bits per heavy atom. The van der Waals surface area contributed by atoms with Crippen LogP contribution < -0.4 is 23.8 Å². The molecule has 0 saturated carbocycles. The third-order valence-electron chi connectivity index (χ3n) is 6.64. The van der Waals surface area contributed by atoms with E-state index in [2.05, 4.69) is 19.2 Å². The molecule has 0 aliphatic rings. The molecule has 1 atom stereocenters. The van der Waals surface area contributed by atoms with Crippen LogP contribution in [0.15, 0.2) is 59.5 Å². The molecule has 8 nitrogen and oxygen atoms in total. The number of anilines is 1. The third-order valence-corrected chi connectivity index (χ3v) is 8.41. The van der Waals surface area contributed by atoms with Crippen molar-refractivity contribution in [2.45, 2.75) is 51.5 Å². The topological polar surface area (TPSA) is 94.2 Å². The second kappa shape index (κ2) is 12.4. The van der Waals surface area contributed by atoms with Crippen LogP contribution in [0.5, 0.6) is 17.2 Å². The van der Waals surface area contributed by atoms with E-state index in [9.17, 15) is 13.2 Å². The molecule has 0 heterocycles. The van der Waals surface area contributed by atoms with Gasteiger partial charge in [-0.3, -0.25) is 9.10 Å². The lowest BCUT2D eigenvalue weighted by Gasteiger charge is -2.27. The van der Waals surface area contributed by atoms with Crippen LogP contribution in [0.25, 0.3) is 0 Å². The van der Waals surface area contributed by atoms with Gasteiger partial charge in [0.25, 0.3) is 10.0 Å². The molecule has 9 heteroatoms. The number of ether oxygens (including phenoxy) is 3. The van der Waals surface area contributed by atoms with Crippen LogP contribution >= 0.6 is 0 Å². The van der Waals surface area contributed by atoms with Crippen molar-refractivity contribution in [1.82, 2.24) is 5.32 Å². The van der Waals surface area contributed by atoms with Gasteiger partial charge >= 0.3 is 0 Å². The minimum atomic E-state index is -4.14. The van der Waals surface area contributed by atoms with Crippen LogP contribution in [0.1, 0.15) is 55.0 Å². The Balaban J connectivity index is 2.01. The molecular weight excluding hydrogens is 516 g/mol. The second-order valence-corrected chi connectivity index (χ2v) is 11.6. The highest BCUT2D eigenvalue weighted by molar-refractivity contribution is 7.92. The van der Waals surface area contributed by atoms with Crippen LogP contribution in [-0.2, 0) is 14.8 Å². The van der Waals surface area contributed by atoms with Gasteiger partial charge in [-0.05, 0) is 79.8 Å². The Hall–Kier alpha value is -3.72. The molecular formula is C30H38N2O6S. The van der Waals surface area contributed by atoms with Gasteiger partial charge in [0.2, 0.25) is 5.91 Å². The summed E-state index contributed by atoms with van der Waals surface area (Å²) in [5.41, 5.74) is 4.04. The molecule has 0 aliphatic carbocycles. The lowest BCUT2D eigenvalue weighted by Crippen LogP contribution is -2.41. The summed E-state index contributed by atoms with van der Waals surface area (Å²) in [6.07, 6.45) is 0. The van der Waals surface area contributed by atoms with Crippen molar-refractivity contribution in [3.63, 3.8) is 0 Å². The maximum Gasteiger partial charge on any atom is 0.264 e. The highest BCUT2D eigenvalue weighted by Crippen LogP contribution is 2.36. The van der Waals surface area contributed by atoms with Crippen molar-refractivity contribution in [3.05, 3.63) is 76.9 Å². The fraction of sp³-hybridized carbons (Fsp3) is 0.367. The van der Waals surface area contributed by atoms with Gasteiger partial charge in [-0.1, -0.05) is 31.5 Å². The number of nitrogens with zero attached hydrogens (tertiary/aromatic N) is 1. The van der Waals surface area contributed by atoms with E-state index >= 15 is 0 Å². The Morgan fingerprint density at radius 2 is 1.49 bits per heavy atom. The molecule has 1 amide bonds. The predicted octanol–water partition coefficient (Wildman–Crippen LogP) is 5.53. The third kappa shape index (κ3) is 6.65. The summed E-state index contributed by atoms with van der Waals surface area (Å²) in [6.45, 7) is 9.41. The van der Waals surface area contributed by atoms with Gasteiger partial charge in [0.05, 0.1) is 38.0 Å². The predicted molar refractivity (Wildman–Crippen MR) is 154 cm³/mol. The number of carbonyl (C=O) groups is 1. The number of hydrogen-bond acceptors (Lipinski definition) is 6. The fourth-order valence-corrected chi connectivity index (χ4v) is 5.86. The zero-order chi connectivity index (χ0) is 28.9. The van der Waals surface area contributed by atoms with Crippen molar-refractivity contribution in [2.75, 3.05) is 32.2 Å². The summed E-state index contributed by atoms with van der Waals surface area (Å²) in [4.78, 5) is 13.5. The van der Waals surface area contributed by atoms with Gasteiger partial charge in [-0.15, -0.1) is 0 Å². The molecule has 3 aromatic rings. The monoisotopic (exact) mass is 554 g/mol. The van der Waals surface area contributed by atoms with Gasteiger partial charge in [0, 0.05) is 6.07 Å². The van der Waals surface area contributed by atoms with Crippen LogP contribution in [0.2, 0.25) is 0 Å². The summed E-state index contributed by atoms with van der Waals surface area (Å²) >= 11 is 0. The zero-order valence-corrected chi connectivity index (χ0v) is 24.7. The van der Waals surface area contributed by atoms with Crippen LogP contribution in [0.4, 0.5) is 5.69 Å². The number of hydrogen-bond donors (Lipinski definition) is 1. The largest absolute Gasteiger partial charge is 0.497 e. The molecule has 0 aliphatic heterocycles. The van der Waals surface area contributed by atoms with Gasteiger partial charge < -0.3 is 19.5 Å². The molecule has 0 fully saturated rings. The van der Waals surface area contributed by atoms with Crippen molar-refractivity contribution >= 4 is 21.6 Å². The maximum atomic E-state index is 13.9. The highest BCUT2D eigenvalue weighted by Gasteiger charge is 2.30. The van der Waals surface area contributed by atoms with E-state index in [1.165, 1.54) is 26.4 Å². The number of nitrogens with one attached hydrogen (secondary N) is 1. The molecule has 1 N–H and O–H groups in total. The average molecular weight is 555 g/mol. The van der Waals surface area contributed by atoms with Gasteiger partial charge in [0.15, 0.2) is 0 Å². The van der Waals surface area contributed by atoms with Crippen LogP contribution in [0.3, 0.4) is 0 Å². The first-order valence-corrected chi connectivity index (χ1v) is 14.2. The normalized spacial score (nSPS) is 12.1. The lowest BCUT2D eigenvalue weighted by atomic mass is 9.93. The molecule has 0 bridgehead atoms. The summed E-state index contributed by atoms with van der Waals surface area (Å²) in [5, 5.41) is 2.98. The SMILES string of the molecule is COc1ccc(OC)c(N(CC(=O)NC(C)c2cc(C(C)C)c(OC)cc2C)S(=O)(=O)c2ccc(C)cc2)c1. The Bertz CT molecular complexity index is 1420. The van der Waals surface area contributed by atoms with Gasteiger partial charge in [-0.2, -0.15) is 0 Å². The number of aryl methyl sites for hydroxylation is 2. The summed E-state index contributed by atoms with van der Waals surface area (Å²) in [7, 11) is 0.436. The van der Waals surface area contributed by atoms with Crippen molar-refractivity contribution in [1.29, 1.82) is 0 Å². The quantitative estimate of drug-likeness (QED) is 0.335. The first kappa shape index (κ1) is 29.8. The van der Waals surface area contributed by atoms with Crippen molar-refractivity contribution < 1.29 is 27.4 Å². The van der Waals surface area contributed by atoms with E-state index in [1.807, 2.05) is 32.9 Å². The lowest BCUT2D eigenvalue weighted by molar-refractivity contribution is -0.120. The molecule has 0 saturated heterocycles. The molecule has 0 radical (unpaired) electrons. The maximum absolute atomic E-state index is 13.9. The number of methoxy groups -OCH3 is 3. The number of carbonyl (C=O) groups excluding carboxylic acids is 1. The van der Waals surface area contributed by atoms with Crippen LogP contribution in [-0.4, -0.2) is 42.2 Å². The summed E-state index contributed by atoms with van der Waals surface area (Å²) in [6, 6.07) is 14.9. The fourth-order valence-electron chi connectivity index (χ4n) is 4.43. The molecule has 210 valence electrons. The van der Waals surface area contributed by atoms with E-state index in [0.717, 1.165) is 32.3 Å². The minimum Gasteiger partial charge on any atom is -0.497 e. The zero-order valence-electron chi connectivity index (χ0n) is 23.9. The second-order valence-electron chi connectivity index (χ2n) is 9.76. The molecule has 0 aromatic heterocycles. The van der Waals surface area contributed by atoms with Gasteiger partial charge in [-0.25, -0.2) is 8.42 Å². The van der Waals surface area contributed by atoms with Gasteiger partial charge in [0.1, 0.15) is 23.8 Å². The van der Waals surface area contributed by atoms with E-state index in [1.54, 1.807) is 37.4 Å². The molecule has 39 heavy (non-hydrogen) atoms. The first-order valence-electron chi connectivity index (χ1n) is 12.7. The summed E-state index contributed by atoms with van der Waals surface area (Å²) in [5.74, 6) is 1.27. The Labute approximate surface area is 231 Å². The van der Waals surface area contributed by atoms with Crippen molar-refractivity contribution in [3.8, 4) is 17.2 Å². The Kier molecular flexibility index (Phi) is 9.50. The summed E-state index contributed by atoms with van der Waals surface area (Å²) < 4.78 is 45.2. The smallest absolute Gasteiger partial charge is 0.264 e. The van der Waals surface area contributed by atoms with E-state index in [-0.39, 0.29) is 22.5 Å². The first-order chi connectivity index (χ1) is 18.4. The highest BCUT2D eigenvalue weighted by atomic mass is 32.2. The van der Waals surface area contributed by atoms with Crippen LogP contribution in [0, 0.1) is 13.8 Å². The van der Waals surface area contributed by atoms with E-state index < -0.39 is 22.5 Å². The Morgan fingerprint density at radius 1 is 0.846 bits per heavy atom. The molecule has 0 spiro atoms. The minimum absolute atomic E-state index is 0.0615. The van der Waals surface area contributed by atoms with E-state index in [4.69, 9.17) is 14.2 Å². The van der Waals surface area contributed by atoms with Crippen molar-refractivity contribution in [2.24, 2.45) is 0 Å². The molecule has 3 aromatic carbocycles. The standard InChI is InChI=1S/C30H38N2O6S/c1-19(2)25-17-26(21(4)15-29(25)38-8)22(5)31-30(33)18-32(27-16-23(36-6)11-14-28(27)37-7)39(34,35)24-12-9-20(3)10-13-24/h9-17,19,22H,18H2,1-8H3,(H,31,33).